The standard InChI is InChI=1S/C31H25N3O5S/c1-20-18-22(3)29(19-21(20)2)40(37,38)34(30(35)23-10-14-32-15-11-23)27-8-9-28(26-7-5-4-6-25(26)27)39-31(36)24-12-16-33-17-13-24/h4-19H,1-3H3. The van der Waals surface area contributed by atoms with E-state index in [2.05, 4.69) is 9.97 Å². The Labute approximate surface area is 232 Å². The zero-order valence-electron chi connectivity index (χ0n) is 22.0. The van der Waals surface area contributed by atoms with Crippen molar-refractivity contribution in [2.45, 2.75) is 25.7 Å². The molecule has 9 heteroatoms. The molecule has 3 aromatic carbocycles. The molecule has 40 heavy (non-hydrogen) atoms. The maximum absolute atomic E-state index is 14.3. The number of fused-ring (bicyclic) bond motifs is 1. The van der Waals surface area contributed by atoms with Crippen LogP contribution in [0.4, 0.5) is 5.69 Å². The maximum atomic E-state index is 14.3. The van der Waals surface area contributed by atoms with Crippen LogP contribution in [0.2, 0.25) is 0 Å². The number of hydrogen-bond acceptors (Lipinski definition) is 7. The van der Waals surface area contributed by atoms with E-state index in [1.165, 1.54) is 61.2 Å². The number of carbonyl (C=O) groups excluding carboxylic acids is 2. The summed E-state index contributed by atoms with van der Waals surface area (Å²) in [5, 5.41) is 0.872. The fourth-order valence-electron chi connectivity index (χ4n) is 4.44. The van der Waals surface area contributed by atoms with Crippen LogP contribution < -0.4 is 9.04 Å². The van der Waals surface area contributed by atoms with Gasteiger partial charge in [0.2, 0.25) is 0 Å². The van der Waals surface area contributed by atoms with Gasteiger partial charge in [-0.25, -0.2) is 13.2 Å². The number of rotatable bonds is 6. The normalized spacial score (nSPS) is 11.3. The summed E-state index contributed by atoms with van der Waals surface area (Å²) < 4.78 is 35.1. The highest BCUT2D eigenvalue weighted by Crippen LogP contribution is 2.38. The summed E-state index contributed by atoms with van der Waals surface area (Å²) in [6.07, 6.45) is 5.83. The Kier molecular flexibility index (Phi) is 7.15. The minimum Gasteiger partial charge on any atom is -0.422 e. The highest BCUT2D eigenvalue weighted by molar-refractivity contribution is 7.93. The van der Waals surface area contributed by atoms with Gasteiger partial charge in [0.25, 0.3) is 15.9 Å². The third-order valence-corrected chi connectivity index (χ3v) is 8.46. The minimum absolute atomic E-state index is 0.0234. The van der Waals surface area contributed by atoms with Gasteiger partial charge in [0.05, 0.1) is 16.1 Å². The average Bonchev–Trinajstić information content (AvgIpc) is 2.96. The summed E-state index contributed by atoms with van der Waals surface area (Å²) in [6, 6.07) is 19.2. The van der Waals surface area contributed by atoms with Gasteiger partial charge >= 0.3 is 5.97 Å². The van der Waals surface area contributed by atoms with E-state index >= 15 is 0 Å². The molecule has 0 aliphatic rings. The Balaban J connectivity index is 1.70. The molecule has 2 heterocycles. The van der Waals surface area contributed by atoms with Crippen molar-refractivity contribution in [3.63, 3.8) is 0 Å². The number of aryl methyl sites for hydroxylation is 3. The summed E-state index contributed by atoms with van der Waals surface area (Å²) >= 11 is 0. The van der Waals surface area contributed by atoms with Crippen LogP contribution >= 0.6 is 0 Å². The third kappa shape index (κ3) is 4.94. The Hall–Kier alpha value is -4.89. The van der Waals surface area contributed by atoms with Crippen LogP contribution in [-0.4, -0.2) is 30.3 Å². The zero-order chi connectivity index (χ0) is 28.4. The summed E-state index contributed by atoms with van der Waals surface area (Å²) in [5.74, 6) is -1.12. The molecule has 0 aliphatic heterocycles. The molecule has 5 aromatic rings. The lowest BCUT2D eigenvalue weighted by Gasteiger charge is -2.26. The Morgan fingerprint density at radius 2 is 1.27 bits per heavy atom. The molecular weight excluding hydrogens is 526 g/mol. The van der Waals surface area contributed by atoms with Crippen molar-refractivity contribution < 1.29 is 22.7 Å². The molecule has 0 bridgehead atoms. The number of anilines is 1. The van der Waals surface area contributed by atoms with Crippen molar-refractivity contribution in [1.29, 1.82) is 0 Å². The van der Waals surface area contributed by atoms with Crippen molar-refractivity contribution in [3.8, 4) is 5.75 Å². The fraction of sp³-hybridized carbons (Fsp3) is 0.0968. The van der Waals surface area contributed by atoms with Crippen molar-refractivity contribution >= 4 is 38.4 Å². The summed E-state index contributed by atoms with van der Waals surface area (Å²) in [4.78, 5) is 34.6. The van der Waals surface area contributed by atoms with Crippen LogP contribution in [0.15, 0.2) is 102 Å². The van der Waals surface area contributed by atoms with E-state index in [1.807, 2.05) is 13.8 Å². The number of benzene rings is 3. The summed E-state index contributed by atoms with van der Waals surface area (Å²) in [5.41, 5.74) is 2.82. The van der Waals surface area contributed by atoms with Crippen LogP contribution in [0.25, 0.3) is 10.8 Å². The van der Waals surface area contributed by atoms with Crippen molar-refractivity contribution in [3.05, 3.63) is 125 Å². The van der Waals surface area contributed by atoms with Crippen LogP contribution in [0.1, 0.15) is 37.4 Å². The summed E-state index contributed by atoms with van der Waals surface area (Å²) in [7, 11) is -4.39. The van der Waals surface area contributed by atoms with E-state index < -0.39 is 21.9 Å². The molecule has 0 fully saturated rings. The number of hydrogen-bond donors (Lipinski definition) is 0. The Morgan fingerprint density at radius 1 is 0.700 bits per heavy atom. The molecule has 0 saturated carbocycles. The molecule has 1 amide bonds. The number of carbonyl (C=O) groups is 2. The van der Waals surface area contributed by atoms with Crippen molar-refractivity contribution in [1.82, 2.24) is 9.97 Å². The second-order valence-corrected chi connectivity index (χ2v) is 11.0. The van der Waals surface area contributed by atoms with Gasteiger partial charge in [-0.1, -0.05) is 30.3 Å². The van der Waals surface area contributed by atoms with Gasteiger partial charge in [-0.2, -0.15) is 4.31 Å². The number of amides is 1. The smallest absolute Gasteiger partial charge is 0.343 e. The van der Waals surface area contributed by atoms with Gasteiger partial charge < -0.3 is 4.74 Å². The molecule has 0 radical (unpaired) electrons. The van der Waals surface area contributed by atoms with E-state index in [1.54, 1.807) is 43.3 Å². The number of sulfonamides is 1. The van der Waals surface area contributed by atoms with Gasteiger partial charge in [0.1, 0.15) is 5.75 Å². The first-order valence-corrected chi connectivity index (χ1v) is 13.8. The first kappa shape index (κ1) is 26.7. The zero-order valence-corrected chi connectivity index (χ0v) is 22.8. The third-order valence-electron chi connectivity index (χ3n) is 6.62. The molecule has 0 unspecified atom stereocenters. The second-order valence-electron chi connectivity index (χ2n) is 9.27. The van der Waals surface area contributed by atoms with Gasteiger partial charge in [0, 0.05) is 41.1 Å². The predicted octanol–water partition coefficient (Wildman–Crippen LogP) is 5.81. The molecule has 2 aromatic heterocycles. The van der Waals surface area contributed by atoms with Gasteiger partial charge in [-0.15, -0.1) is 0 Å². The van der Waals surface area contributed by atoms with Gasteiger partial charge in [0.15, 0.2) is 0 Å². The number of nitrogens with zero attached hydrogens (tertiary/aromatic N) is 3. The van der Waals surface area contributed by atoms with Crippen LogP contribution in [0.5, 0.6) is 5.75 Å². The largest absolute Gasteiger partial charge is 0.422 e. The van der Waals surface area contributed by atoms with E-state index in [-0.39, 0.29) is 21.9 Å². The van der Waals surface area contributed by atoms with Crippen molar-refractivity contribution in [2.75, 3.05) is 4.31 Å². The Morgan fingerprint density at radius 3 is 1.93 bits per heavy atom. The molecular formula is C31H25N3O5S. The molecule has 0 N–H and O–H groups in total. The Bertz CT molecular complexity index is 1860. The van der Waals surface area contributed by atoms with E-state index in [4.69, 9.17) is 4.74 Å². The lowest BCUT2D eigenvalue weighted by Crippen LogP contribution is -2.37. The molecule has 5 rings (SSSR count). The number of esters is 1. The second kappa shape index (κ2) is 10.7. The maximum Gasteiger partial charge on any atom is 0.343 e. The molecule has 0 atom stereocenters. The number of pyridine rings is 2. The highest BCUT2D eigenvalue weighted by atomic mass is 32.2. The van der Waals surface area contributed by atoms with Crippen LogP contribution in [-0.2, 0) is 10.0 Å². The van der Waals surface area contributed by atoms with E-state index in [0.717, 1.165) is 15.4 Å². The average molecular weight is 552 g/mol. The number of aromatic nitrogens is 2. The van der Waals surface area contributed by atoms with Crippen molar-refractivity contribution in [2.24, 2.45) is 0 Å². The molecule has 8 nitrogen and oxygen atoms in total. The highest BCUT2D eigenvalue weighted by Gasteiger charge is 2.34. The molecule has 200 valence electrons. The molecule has 0 saturated heterocycles. The quantitative estimate of drug-likeness (QED) is 0.194. The lowest BCUT2D eigenvalue weighted by atomic mass is 10.1. The fourth-order valence-corrected chi connectivity index (χ4v) is 6.17. The lowest BCUT2D eigenvalue weighted by molar-refractivity contribution is 0.0736. The predicted molar refractivity (Wildman–Crippen MR) is 152 cm³/mol. The monoisotopic (exact) mass is 551 g/mol. The summed E-state index contributed by atoms with van der Waals surface area (Å²) in [6.45, 7) is 5.43. The van der Waals surface area contributed by atoms with Gasteiger partial charge in [-0.3, -0.25) is 14.8 Å². The molecule has 0 aliphatic carbocycles. The SMILES string of the molecule is Cc1cc(C)c(S(=O)(=O)N(C(=O)c2ccncc2)c2ccc(OC(=O)c3ccncc3)c3ccccc23)cc1C. The first-order chi connectivity index (χ1) is 19.2. The van der Waals surface area contributed by atoms with Crippen LogP contribution in [0.3, 0.4) is 0 Å². The number of ether oxygens (including phenoxy) is 1. The topological polar surface area (TPSA) is 107 Å². The van der Waals surface area contributed by atoms with E-state index in [9.17, 15) is 18.0 Å². The molecule has 0 spiro atoms. The van der Waals surface area contributed by atoms with Gasteiger partial charge in [-0.05, 0) is 79.9 Å². The first-order valence-electron chi connectivity index (χ1n) is 12.4. The van der Waals surface area contributed by atoms with Crippen LogP contribution in [0, 0.1) is 20.8 Å². The van der Waals surface area contributed by atoms with E-state index in [0.29, 0.717) is 21.9 Å². The minimum atomic E-state index is -4.39.